The number of hydrogen-bond donors (Lipinski definition) is 1. The molecule has 1 N–H and O–H groups in total. The summed E-state index contributed by atoms with van der Waals surface area (Å²) >= 11 is 2.25. The van der Waals surface area contributed by atoms with E-state index in [0.717, 1.165) is 28.6 Å². The number of likely N-dealkylation sites (tertiary alicyclic amines) is 1. The Kier molecular flexibility index (Phi) is 6.53. The molecule has 0 unspecified atom stereocenters. The number of amides is 4. The molecule has 1 aromatic carbocycles. The van der Waals surface area contributed by atoms with Crippen molar-refractivity contribution in [2.45, 2.75) is 18.9 Å². The molecule has 160 valence electrons. The van der Waals surface area contributed by atoms with Gasteiger partial charge in [-0.15, -0.1) is 11.3 Å². The molecule has 1 atom stereocenters. The van der Waals surface area contributed by atoms with Crippen molar-refractivity contribution in [3.8, 4) is 0 Å². The first kappa shape index (κ1) is 21.3. The summed E-state index contributed by atoms with van der Waals surface area (Å²) in [5.41, 5.74) is 0.845. The third-order valence-electron chi connectivity index (χ3n) is 5.15. The van der Waals surface area contributed by atoms with E-state index >= 15 is 0 Å². The van der Waals surface area contributed by atoms with Crippen LogP contribution in [0.3, 0.4) is 0 Å². The lowest BCUT2D eigenvalue weighted by Crippen LogP contribution is -2.47. The zero-order valence-corrected chi connectivity index (χ0v) is 18.3. The third-order valence-corrected chi connectivity index (χ3v) is 6.92. The summed E-state index contributed by atoms with van der Waals surface area (Å²) in [4.78, 5) is 53.8. The molecule has 3 heterocycles. The van der Waals surface area contributed by atoms with Gasteiger partial charge < -0.3 is 10.2 Å². The predicted molar refractivity (Wildman–Crippen MR) is 121 cm³/mol. The molecule has 1 aromatic heterocycles. The highest BCUT2D eigenvalue weighted by Crippen LogP contribution is 2.31. The summed E-state index contributed by atoms with van der Waals surface area (Å²) < 4.78 is 0. The van der Waals surface area contributed by atoms with Crippen molar-refractivity contribution in [1.82, 2.24) is 15.1 Å². The van der Waals surface area contributed by atoms with Gasteiger partial charge in [0, 0.05) is 19.6 Å². The van der Waals surface area contributed by atoms with Crippen molar-refractivity contribution in [3.63, 3.8) is 0 Å². The first-order chi connectivity index (χ1) is 15.0. The lowest BCUT2D eigenvalue weighted by molar-refractivity contribution is -0.126. The van der Waals surface area contributed by atoms with Crippen molar-refractivity contribution >= 4 is 52.1 Å². The molecule has 31 heavy (non-hydrogen) atoms. The topological polar surface area (TPSA) is 86.8 Å². The van der Waals surface area contributed by atoms with Crippen molar-refractivity contribution in [2.75, 3.05) is 19.6 Å². The van der Waals surface area contributed by atoms with Gasteiger partial charge >= 0.3 is 0 Å². The van der Waals surface area contributed by atoms with Gasteiger partial charge in [0.15, 0.2) is 0 Å². The van der Waals surface area contributed by atoms with E-state index in [4.69, 9.17) is 0 Å². The summed E-state index contributed by atoms with van der Waals surface area (Å²) in [5.74, 6) is -0.748. The molecule has 2 aliphatic heterocycles. The third kappa shape index (κ3) is 4.72. The smallest absolute Gasteiger partial charge is 0.293 e. The Morgan fingerprint density at radius 3 is 2.68 bits per heavy atom. The molecule has 2 aliphatic rings. The first-order valence-electron chi connectivity index (χ1n) is 9.97. The van der Waals surface area contributed by atoms with Crippen LogP contribution in [0.1, 0.15) is 28.1 Å². The molecule has 9 heteroatoms. The van der Waals surface area contributed by atoms with Crippen LogP contribution in [0.15, 0.2) is 52.7 Å². The molecule has 2 fully saturated rings. The van der Waals surface area contributed by atoms with E-state index in [1.807, 2.05) is 41.8 Å². The van der Waals surface area contributed by atoms with E-state index in [1.54, 1.807) is 17.0 Å². The number of carbonyl (C=O) groups excluding carboxylic acids is 4. The summed E-state index contributed by atoms with van der Waals surface area (Å²) in [7, 11) is 0. The van der Waals surface area contributed by atoms with Crippen molar-refractivity contribution < 1.29 is 19.2 Å². The average molecular weight is 456 g/mol. The van der Waals surface area contributed by atoms with E-state index in [9.17, 15) is 19.2 Å². The Morgan fingerprint density at radius 1 is 1.13 bits per heavy atom. The minimum atomic E-state index is -0.525. The van der Waals surface area contributed by atoms with Crippen LogP contribution in [0.25, 0.3) is 6.08 Å². The van der Waals surface area contributed by atoms with Gasteiger partial charge in [-0.3, -0.25) is 24.1 Å². The van der Waals surface area contributed by atoms with Gasteiger partial charge in [0.1, 0.15) is 6.04 Å². The van der Waals surface area contributed by atoms with Crippen LogP contribution in [0.5, 0.6) is 0 Å². The fourth-order valence-corrected chi connectivity index (χ4v) is 5.17. The van der Waals surface area contributed by atoms with Crippen LogP contribution in [0.2, 0.25) is 0 Å². The molecule has 0 spiro atoms. The van der Waals surface area contributed by atoms with Crippen LogP contribution in [0.4, 0.5) is 4.79 Å². The highest BCUT2D eigenvalue weighted by molar-refractivity contribution is 8.18. The number of nitrogens with zero attached hydrogens (tertiary/aromatic N) is 2. The van der Waals surface area contributed by atoms with Crippen molar-refractivity contribution in [1.29, 1.82) is 0 Å². The molecular formula is C22H21N3O4S2. The summed E-state index contributed by atoms with van der Waals surface area (Å²) in [6.45, 7) is 0.781. The summed E-state index contributed by atoms with van der Waals surface area (Å²) in [5, 5.41) is 4.27. The summed E-state index contributed by atoms with van der Waals surface area (Å²) in [6.07, 6.45) is 3.06. The SMILES string of the molecule is O=C(NCCN1C(=O)S/C(=C/c2ccccc2)C1=O)[C@@H]1CCCN1C(=O)c1cccs1. The zero-order valence-electron chi connectivity index (χ0n) is 16.7. The molecule has 0 bridgehead atoms. The number of thiophene rings is 1. The molecule has 4 amide bonds. The van der Waals surface area contributed by atoms with E-state index < -0.39 is 6.04 Å². The standard InChI is InChI=1S/C22H21N3O4S2/c26-19(16-8-4-11-24(16)20(27)17-9-5-13-30-17)23-10-12-25-21(28)18(31-22(25)29)14-15-6-2-1-3-7-15/h1-3,5-7,9,13-14,16H,4,8,10-12H2,(H,23,26)/b18-14+/t16-/m0/s1. The predicted octanol–water partition coefficient (Wildman–Crippen LogP) is 3.21. The van der Waals surface area contributed by atoms with Gasteiger partial charge in [-0.25, -0.2) is 0 Å². The maximum atomic E-state index is 12.7. The number of imide groups is 1. The Balaban J connectivity index is 1.32. The van der Waals surface area contributed by atoms with E-state index in [-0.39, 0.29) is 36.1 Å². The normalized spacial score (nSPS) is 20.0. The molecule has 0 saturated carbocycles. The van der Waals surface area contributed by atoms with Crippen molar-refractivity contribution in [2.24, 2.45) is 0 Å². The first-order valence-corrected chi connectivity index (χ1v) is 11.7. The van der Waals surface area contributed by atoms with Crippen molar-refractivity contribution in [3.05, 3.63) is 63.2 Å². The number of benzene rings is 1. The lowest BCUT2D eigenvalue weighted by Gasteiger charge is -2.23. The zero-order chi connectivity index (χ0) is 21.8. The fourth-order valence-electron chi connectivity index (χ4n) is 3.63. The number of nitrogens with one attached hydrogen (secondary N) is 1. The van der Waals surface area contributed by atoms with Gasteiger partial charge in [-0.1, -0.05) is 36.4 Å². The maximum absolute atomic E-state index is 12.7. The molecule has 2 aromatic rings. The van der Waals surface area contributed by atoms with Crippen LogP contribution in [-0.2, 0) is 9.59 Å². The van der Waals surface area contributed by atoms with Gasteiger partial charge in [0.25, 0.3) is 17.1 Å². The Hall–Kier alpha value is -2.91. The van der Waals surface area contributed by atoms with Crippen LogP contribution in [0, 0.1) is 0 Å². The molecule has 0 radical (unpaired) electrons. The van der Waals surface area contributed by atoms with E-state index in [0.29, 0.717) is 22.7 Å². The Morgan fingerprint density at radius 2 is 1.94 bits per heavy atom. The Bertz CT molecular complexity index is 1020. The number of thioether (sulfide) groups is 1. The fraction of sp³-hybridized carbons (Fsp3) is 0.273. The average Bonchev–Trinajstić information content (AvgIpc) is 3.52. The molecular weight excluding hydrogens is 434 g/mol. The highest BCUT2D eigenvalue weighted by Gasteiger charge is 2.36. The van der Waals surface area contributed by atoms with Crippen LogP contribution in [-0.4, -0.2) is 58.4 Å². The summed E-state index contributed by atoms with van der Waals surface area (Å²) in [6, 6.07) is 12.4. The number of hydrogen-bond acceptors (Lipinski definition) is 6. The quantitative estimate of drug-likeness (QED) is 0.676. The number of rotatable bonds is 6. The molecule has 0 aliphatic carbocycles. The van der Waals surface area contributed by atoms with Gasteiger partial charge in [0.05, 0.1) is 9.78 Å². The largest absolute Gasteiger partial charge is 0.353 e. The second-order valence-corrected chi connectivity index (χ2v) is 9.11. The van der Waals surface area contributed by atoms with Crippen LogP contribution >= 0.6 is 23.1 Å². The van der Waals surface area contributed by atoms with E-state index in [1.165, 1.54) is 11.3 Å². The molecule has 7 nitrogen and oxygen atoms in total. The lowest BCUT2D eigenvalue weighted by atomic mass is 10.2. The molecule has 4 rings (SSSR count). The monoisotopic (exact) mass is 455 g/mol. The number of carbonyl (C=O) groups is 4. The Labute approximate surface area is 188 Å². The van der Waals surface area contributed by atoms with Crippen LogP contribution < -0.4 is 5.32 Å². The second kappa shape index (κ2) is 9.49. The molecule has 2 saturated heterocycles. The highest BCUT2D eigenvalue weighted by atomic mass is 32.2. The second-order valence-electron chi connectivity index (χ2n) is 7.17. The van der Waals surface area contributed by atoms with Gasteiger partial charge in [0.2, 0.25) is 5.91 Å². The van der Waals surface area contributed by atoms with Gasteiger partial charge in [-0.05, 0) is 47.7 Å². The minimum absolute atomic E-state index is 0.0914. The van der Waals surface area contributed by atoms with Gasteiger partial charge in [-0.2, -0.15) is 0 Å². The minimum Gasteiger partial charge on any atom is -0.353 e. The van der Waals surface area contributed by atoms with E-state index in [2.05, 4.69) is 5.32 Å². The maximum Gasteiger partial charge on any atom is 0.293 e.